The number of anilines is 1. The Bertz CT molecular complexity index is 590. The van der Waals surface area contributed by atoms with Gasteiger partial charge in [0.25, 0.3) is 0 Å². The third-order valence-electron chi connectivity index (χ3n) is 2.46. The molecule has 0 atom stereocenters. The van der Waals surface area contributed by atoms with Crippen molar-refractivity contribution >= 4 is 37.7 Å². The van der Waals surface area contributed by atoms with Crippen molar-refractivity contribution in [1.82, 2.24) is 9.97 Å². The summed E-state index contributed by atoms with van der Waals surface area (Å²) >= 11 is 6.52. The van der Waals surface area contributed by atoms with Crippen LogP contribution < -0.4 is 5.32 Å². The summed E-state index contributed by atoms with van der Waals surface area (Å²) in [5.41, 5.74) is 0.646. The van der Waals surface area contributed by atoms with Crippen LogP contribution in [-0.2, 0) is 0 Å². The van der Waals surface area contributed by atoms with Gasteiger partial charge in [0, 0.05) is 18.3 Å². The van der Waals surface area contributed by atoms with Crippen LogP contribution in [0.15, 0.2) is 33.3 Å². The molecule has 0 aliphatic carbocycles. The van der Waals surface area contributed by atoms with Crippen LogP contribution in [0.1, 0.15) is 13.3 Å². The quantitative estimate of drug-likeness (QED) is 0.829. The van der Waals surface area contributed by atoms with Gasteiger partial charge < -0.3 is 5.32 Å². The van der Waals surface area contributed by atoms with E-state index in [1.165, 1.54) is 6.07 Å². The van der Waals surface area contributed by atoms with Crippen LogP contribution in [0.2, 0.25) is 0 Å². The smallest absolute Gasteiger partial charge is 0.161 e. The number of benzene rings is 1. The normalized spacial score (nSPS) is 10.5. The topological polar surface area (TPSA) is 37.8 Å². The Morgan fingerprint density at radius 3 is 2.74 bits per heavy atom. The van der Waals surface area contributed by atoms with E-state index in [4.69, 9.17) is 0 Å². The van der Waals surface area contributed by atoms with Crippen molar-refractivity contribution in [3.05, 3.63) is 39.2 Å². The van der Waals surface area contributed by atoms with E-state index in [1.54, 1.807) is 18.3 Å². The molecule has 0 aliphatic heterocycles. The first-order valence-electron chi connectivity index (χ1n) is 5.83. The summed E-state index contributed by atoms with van der Waals surface area (Å²) in [7, 11) is 0. The van der Waals surface area contributed by atoms with Gasteiger partial charge in [0.05, 0.1) is 8.95 Å². The van der Waals surface area contributed by atoms with E-state index in [2.05, 4.69) is 54.1 Å². The summed E-state index contributed by atoms with van der Waals surface area (Å²) in [5, 5.41) is 3.20. The van der Waals surface area contributed by atoms with Gasteiger partial charge in [-0.2, -0.15) is 0 Å². The number of nitrogens with one attached hydrogen (secondary N) is 1. The molecule has 0 aliphatic rings. The van der Waals surface area contributed by atoms with Crippen molar-refractivity contribution in [2.45, 2.75) is 13.3 Å². The molecule has 3 nitrogen and oxygen atoms in total. The highest BCUT2D eigenvalue weighted by atomic mass is 79.9. The minimum absolute atomic E-state index is 0.327. The van der Waals surface area contributed by atoms with Gasteiger partial charge >= 0.3 is 0 Å². The zero-order valence-electron chi connectivity index (χ0n) is 10.3. The summed E-state index contributed by atoms with van der Waals surface area (Å²) in [4.78, 5) is 8.61. The van der Waals surface area contributed by atoms with Crippen LogP contribution in [-0.4, -0.2) is 16.5 Å². The largest absolute Gasteiger partial charge is 0.369 e. The summed E-state index contributed by atoms with van der Waals surface area (Å²) in [6.07, 6.45) is 2.67. The van der Waals surface area contributed by atoms with Gasteiger partial charge in [0.1, 0.15) is 11.6 Å². The number of hydrogen-bond donors (Lipinski definition) is 1. The lowest BCUT2D eigenvalue weighted by atomic mass is 10.2. The molecule has 1 aromatic carbocycles. The highest BCUT2D eigenvalue weighted by Gasteiger charge is 2.08. The second kappa shape index (κ2) is 6.43. The summed E-state index contributed by atoms with van der Waals surface area (Å²) < 4.78 is 14.7. The standard InChI is InChI=1S/C13H12Br2FN3/c1-2-5-17-13-10(15)7-18-12(19-13)8-3-4-9(14)11(16)6-8/h3-4,6-7H,2,5H2,1H3,(H,17,18,19). The molecule has 0 unspecified atom stereocenters. The predicted octanol–water partition coefficient (Wildman–Crippen LogP) is 4.63. The van der Waals surface area contributed by atoms with Crippen LogP contribution >= 0.6 is 31.9 Å². The maximum absolute atomic E-state index is 13.5. The van der Waals surface area contributed by atoms with Crippen LogP contribution in [0.5, 0.6) is 0 Å². The lowest BCUT2D eigenvalue weighted by Crippen LogP contribution is -2.04. The SMILES string of the molecule is CCCNc1nc(-c2ccc(Br)c(F)c2)ncc1Br. The molecule has 1 heterocycles. The Kier molecular flexibility index (Phi) is 4.87. The molecule has 100 valence electrons. The van der Waals surface area contributed by atoms with Crippen molar-refractivity contribution in [2.75, 3.05) is 11.9 Å². The molecule has 0 saturated carbocycles. The molecule has 2 aromatic rings. The zero-order valence-corrected chi connectivity index (χ0v) is 13.4. The first-order chi connectivity index (χ1) is 9.11. The monoisotopic (exact) mass is 387 g/mol. The molecule has 0 amide bonds. The Hall–Kier alpha value is -1.01. The fourth-order valence-corrected chi connectivity index (χ4v) is 2.09. The summed E-state index contributed by atoms with van der Waals surface area (Å²) in [6.45, 7) is 2.90. The summed E-state index contributed by atoms with van der Waals surface area (Å²) in [6, 6.07) is 4.84. The van der Waals surface area contributed by atoms with E-state index in [1.807, 2.05) is 0 Å². The van der Waals surface area contributed by atoms with Gasteiger partial charge in [-0.3, -0.25) is 0 Å². The number of hydrogen-bond acceptors (Lipinski definition) is 3. The highest BCUT2D eigenvalue weighted by Crippen LogP contribution is 2.25. The van der Waals surface area contributed by atoms with E-state index in [-0.39, 0.29) is 5.82 Å². The van der Waals surface area contributed by atoms with E-state index >= 15 is 0 Å². The molecule has 1 aromatic heterocycles. The minimum Gasteiger partial charge on any atom is -0.369 e. The molecule has 2 rings (SSSR count). The Labute approximate surface area is 127 Å². The van der Waals surface area contributed by atoms with Crippen molar-refractivity contribution < 1.29 is 4.39 Å². The average Bonchev–Trinajstić information content (AvgIpc) is 2.41. The fraction of sp³-hybridized carbons (Fsp3) is 0.231. The van der Waals surface area contributed by atoms with Crippen LogP contribution in [0.3, 0.4) is 0 Å². The second-order valence-corrected chi connectivity index (χ2v) is 5.65. The Morgan fingerprint density at radius 1 is 1.26 bits per heavy atom. The number of aromatic nitrogens is 2. The molecular weight excluding hydrogens is 377 g/mol. The van der Waals surface area contributed by atoms with Crippen molar-refractivity contribution in [3.8, 4) is 11.4 Å². The van der Waals surface area contributed by atoms with Gasteiger partial charge in [-0.05, 0) is 56.5 Å². The third-order valence-corrected chi connectivity index (χ3v) is 3.69. The molecule has 0 bridgehead atoms. The minimum atomic E-state index is -0.327. The molecular formula is C13H12Br2FN3. The first kappa shape index (κ1) is 14.4. The average molecular weight is 389 g/mol. The zero-order chi connectivity index (χ0) is 13.8. The molecule has 0 saturated heterocycles. The van der Waals surface area contributed by atoms with Gasteiger partial charge in [0.15, 0.2) is 5.82 Å². The van der Waals surface area contributed by atoms with Crippen LogP contribution in [0.25, 0.3) is 11.4 Å². The predicted molar refractivity (Wildman–Crippen MR) is 81.6 cm³/mol. The molecule has 6 heteroatoms. The lowest BCUT2D eigenvalue weighted by Gasteiger charge is -2.08. The molecule has 0 radical (unpaired) electrons. The molecule has 0 fully saturated rings. The van der Waals surface area contributed by atoms with Gasteiger partial charge in [0.2, 0.25) is 0 Å². The first-order valence-corrected chi connectivity index (χ1v) is 7.42. The van der Waals surface area contributed by atoms with E-state index in [0.717, 1.165) is 23.3 Å². The van der Waals surface area contributed by atoms with Gasteiger partial charge in [-0.15, -0.1) is 0 Å². The highest BCUT2D eigenvalue weighted by molar-refractivity contribution is 9.10. The molecule has 19 heavy (non-hydrogen) atoms. The van der Waals surface area contributed by atoms with Crippen molar-refractivity contribution in [3.63, 3.8) is 0 Å². The Balaban J connectivity index is 2.36. The van der Waals surface area contributed by atoms with E-state index < -0.39 is 0 Å². The van der Waals surface area contributed by atoms with E-state index in [9.17, 15) is 4.39 Å². The van der Waals surface area contributed by atoms with Crippen LogP contribution in [0.4, 0.5) is 10.2 Å². The van der Waals surface area contributed by atoms with E-state index in [0.29, 0.717) is 15.9 Å². The Morgan fingerprint density at radius 2 is 2.05 bits per heavy atom. The van der Waals surface area contributed by atoms with Gasteiger partial charge in [-0.1, -0.05) is 6.92 Å². The fourth-order valence-electron chi connectivity index (χ4n) is 1.51. The maximum atomic E-state index is 13.5. The van der Waals surface area contributed by atoms with Crippen LogP contribution in [0, 0.1) is 5.82 Å². The van der Waals surface area contributed by atoms with Crippen molar-refractivity contribution in [1.29, 1.82) is 0 Å². The maximum Gasteiger partial charge on any atom is 0.161 e. The van der Waals surface area contributed by atoms with Crippen molar-refractivity contribution in [2.24, 2.45) is 0 Å². The second-order valence-electron chi connectivity index (χ2n) is 3.95. The summed E-state index contributed by atoms with van der Waals surface area (Å²) in [5.74, 6) is 0.885. The number of rotatable bonds is 4. The van der Waals surface area contributed by atoms with Gasteiger partial charge in [-0.25, -0.2) is 14.4 Å². The lowest BCUT2D eigenvalue weighted by molar-refractivity contribution is 0.621. The number of halogens is 3. The number of nitrogens with zero attached hydrogens (tertiary/aromatic N) is 2. The third kappa shape index (κ3) is 3.51. The molecule has 0 spiro atoms. The molecule has 1 N–H and O–H groups in total.